The number of ether oxygens (including phenoxy) is 2. The lowest BCUT2D eigenvalue weighted by atomic mass is 9.90. The van der Waals surface area contributed by atoms with E-state index in [0.29, 0.717) is 25.4 Å². The van der Waals surface area contributed by atoms with Gasteiger partial charge in [-0.05, 0) is 24.3 Å². The number of carbonyl (C=O) groups excluding carboxylic acids is 1. The molecule has 0 bridgehead atoms. The van der Waals surface area contributed by atoms with E-state index in [1.165, 1.54) is 0 Å². The first-order valence-corrected chi connectivity index (χ1v) is 5.89. The molecule has 0 spiro atoms. The van der Waals surface area contributed by atoms with Crippen molar-refractivity contribution in [3.05, 3.63) is 34.3 Å². The third kappa shape index (κ3) is 2.62. The molecule has 0 aliphatic carbocycles. The van der Waals surface area contributed by atoms with Crippen LogP contribution in [0.4, 0.5) is 0 Å². The zero-order valence-corrected chi connectivity index (χ0v) is 10.6. The van der Waals surface area contributed by atoms with Crippen LogP contribution in [0.5, 0.6) is 0 Å². The molecule has 1 aliphatic heterocycles. The number of hydrogen-bond acceptors (Lipinski definition) is 3. The minimum absolute atomic E-state index is 0.00498. The van der Waals surface area contributed by atoms with Gasteiger partial charge in [0, 0.05) is 9.89 Å². The van der Waals surface area contributed by atoms with E-state index in [1.54, 1.807) is 12.1 Å². The maximum Gasteiger partial charge on any atom is 0.338 e. The summed E-state index contributed by atoms with van der Waals surface area (Å²) in [4.78, 5) is 11.7. The second kappa shape index (κ2) is 4.55. The predicted octanol–water partition coefficient (Wildman–Crippen LogP) is 2.64. The van der Waals surface area contributed by atoms with Crippen molar-refractivity contribution < 1.29 is 14.3 Å². The van der Waals surface area contributed by atoms with Crippen LogP contribution in [0, 0.1) is 5.41 Å². The van der Waals surface area contributed by atoms with E-state index < -0.39 is 0 Å². The summed E-state index contributed by atoms with van der Waals surface area (Å²) in [6.07, 6.45) is 0. The Bertz CT molecular complexity index is 382. The number of halogens is 1. The van der Waals surface area contributed by atoms with Crippen LogP contribution in [0.1, 0.15) is 17.3 Å². The van der Waals surface area contributed by atoms with E-state index in [2.05, 4.69) is 15.9 Å². The lowest BCUT2D eigenvalue weighted by Crippen LogP contribution is -2.44. The summed E-state index contributed by atoms with van der Waals surface area (Å²) in [5.41, 5.74) is 0.581. The molecule has 1 aromatic rings. The van der Waals surface area contributed by atoms with Crippen molar-refractivity contribution in [2.24, 2.45) is 5.41 Å². The van der Waals surface area contributed by atoms with E-state index in [0.717, 1.165) is 4.47 Å². The Labute approximate surface area is 103 Å². The lowest BCUT2D eigenvalue weighted by Gasteiger charge is -2.37. The average molecular weight is 285 g/mol. The van der Waals surface area contributed by atoms with E-state index in [9.17, 15) is 4.79 Å². The molecule has 3 nitrogen and oxygen atoms in total. The van der Waals surface area contributed by atoms with Gasteiger partial charge >= 0.3 is 5.97 Å². The van der Waals surface area contributed by atoms with Crippen molar-refractivity contribution in [1.82, 2.24) is 0 Å². The van der Waals surface area contributed by atoms with Gasteiger partial charge in [-0.1, -0.05) is 22.9 Å². The van der Waals surface area contributed by atoms with Crippen LogP contribution >= 0.6 is 15.9 Å². The van der Waals surface area contributed by atoms with E-state index in [4.69, 9.17) is 9.47 Å². The highest BCUT2D eigenvalue weighted by molar-refractivity contribution is 9.10. The molecule has 0 saturated carbocycles. The van der Waals surface area contributed by atoms with Crippen molar-refractivity contribution in [3.63, 3.8) is 0 Å². The summed E-state index contributed by atoms with van der Waals surface area (Å²) in [5, 5.41) is 0. The van der Waals surface area contributed by atoms with Gasteiger partial charge in [0.15, 0.2) is 0 Å². The van der Waals surface area contributed by atoms with Crippen molar-refractivity contribution in [2.45, 2.75) is 6.92 Å². The first-order valence-electron chi connectivity index (χ1n) is 5.10. The van der Waals surface area contributed by atoms with Crippen LogP contribution in [0.25, 0.3) is 0 Å². The van der Waals surface area contributed by atoms with Gasteiger partial charge in [-0.25, -0.2) is 4.79 Å². The molecule has 1 heterocycles. The first-order chi connectivity index (χ1) is 7.59. The van der Waals surface area contributed by atoms with Gasteiger partial charge in [0.1, 0.15) is 6.61 Å². The Morgan fingerprint density at radius 1 is 1.44 bits per heavy atom. The number of esters is 1. The van der Waals surface area contributed by atoms with Crippen LogP contribution < -0.4 is 0 Å². The summed E-state index contributed by atoms with van der Waals surface area (Å²) >= 11 is 3.32. The SMILES string of the molecule is CC1(COC(=O)c2ccc(Br)cc2)COC1. The largest absolute Gasteiger partial charge is 0.461 e. The Balaban J connectivity index is 1.90. The standard InChI is InChI=1S/C12H13BrO3/c1-12(6-15-7-12)8-16-11(14)9-2-4-10(13)5-3-9/h2-5H,6-8H2,1H3. The van der Waals surface area contributed by atoms with Crippen molar-refractivity contribution in [2.75, 3.05) is 19.8 Å². The smallest absolute Gasteiger partial charge is 0.338 e. The summed E-state index contributed by atoms with van der Waals surface area (Å²) in [6.45, 7) is 3.80. The molecular weight excluding hydrogens is 272 g/mol. The Kier molecular flexibility index (Phi) is 3.30. The van der Waals surface area contributed by atoms with Gasteiger partial charge in [0.25, 0.3) is 0 Å². The number of hydrogen-bond donors (Lipinski definition) is 0. The number of carbonyl (C=O) groups is 1. The fraction of sp³-hybridized carbons (Fsp3) is 0.417. The molecule has 16 heavy (non-hydrogen) atoms. The van der Waals surface area contributed by atoms with Gasteiger partial charge in [0.2, 0.25) is 0 Å². The topological polar surface area (TPSA) is 35.5 Å². The third-order valence-electron chi connectivity index (χ3n) is 2.53. The second-order valence-corrected chi connectivity index (χ2v) is 5.30. The molecule has 0 amide bonds. The van der Waals surface area contributed by atoms with Gasteiger partial charge < -0.3 is 9.47 Å². The molecule has 0 aromatic heterocycles. The number of benzene rings is 1. The zero-order chi connectivity index (χ0) is 11.6. The molecule has 4 heteroatoms. The maximum absolute atomic E-state index is 11.7. The van der Waals surface area contributed by atoms with Crippen molar-refractivity contribution in [3.8, 4) is 0 Å². The molecule has 1 aliphatic rings. The molecule has 1 fully saturated rings. The minimum atomic E-state index is -0.277. The minimum Gasteiger partial charge on any atom is -0.461 e. The normalized spacial score (nSPS) is 17.6. The summed E-state index contributed by atoms with van der Waals surface area (Å²) in [5.74, 6) is -0.277. The Hall–Kier alpha value is -0.870. The maximum atomic E-state index is 11.7. The van der Waals surface area contributed by atoms with Gasteiger partial charge in [-0.15, -0.1) is 0 Å². The molecule has 0 atom stereocenters. The molecule has 0 radical (unpaired) electrons. The van der Waals surface area contributed by atoms with Crippen LogP contribution in [-0.2, 0) is 9.47 Å². The second-order valence-electron chi connectivity index (χ2n) is 4.39. The van der Waals surface area contributed by atoms with Gasteiger partial charge in [-0.3, -0.25) is 0 Å². The van der Waals surface area contributed by atoms with E-state index >= 15 is 0 Å². The lowest BCUT2D eigenvalue weighted by molar-refractivity contribution is -0.127. The van der Waals surface area contributed by atoms with Crippen LogP contribution in [0.3, 0.4) is 0 Å². The average Bonchev–Trinajstić information content (AvgIpc) is 2.24. The Morgan fingerprint density at radius 2 is 2.06 bits per heavy atom. The highest BCUT2D eigenvalue weighted by Crippen LogP contribution is 2.26. The summed E-state index contributed by atoms with van der Waals surface area (Å²) < 4.78 is 11.3. The first kappa shape index (κ1) is 11.6. The third-order valence-corrected chi connectivity index (χ3v) is 3.06. The zero-order valence-electron chi connectivity index (χ0n) is 9.03. The molecule has 86 valence electrons. The van der Waals surface area contributed by atoms with Crippen molar-refractivity contribution in [1.29, 1.82) is 0 Å². The molecule has 1 aromatic carbocycles. The Morgan fingerprint density at radius 3 is 2.56 bits per heavy atom. The molecule has 0 unspecified atom stereocenters. The summed E-state index contributed by atoms with van der Waals surface area (Å²) in [7, 11) is 0. The van der Waals surface area contributed by atoms with E-state index in [-0.39, 0.29) is 11.4 Å². The fourth-order valence-electron chi connectivity index (χ4n) is 1.44. The molecule has 0 N–H and O–H groups in total. The van der Waals surface area contributed by atoms with Crippen LogP contribution in [0.2, 0.25) is 0 Å². The van der Waals surface area contributed by atoms with E-state index in [1.807, 2.05) is 19.1 Å². The highest BCUT2D eigenvalue weighted by Gasteiger charge is 2.34. The molecule has 2 rings (SSSR count). The van der Waals surface area contributed by atoms with Gasteiger partial charge in [0.05, 0.1) is 18.8 Å². The molecule has 1 saturated heterocycles. The molecular formula is C12H13BrO3. The fourth-order valence-corrected chi connectivity index (χ4v) is 1.71. The summed E-state index contributed by atoms with van der Waals surface area (Å²) in [6, 6.07) is 7.13. The van der Waals surface area contributed by atoms with Crippen LogP contribution in [-0.4, -0.2) is 25.8 Å². The quantitative estimate of drug-likeness (QED) is 0.801. The van der Waals surface area contributed by atoms with Gasteiger partial charge in [-0.2, -0.15) is 0 Å². The monoisotopic (exact) mass is 284 g/mol. The highest BCUT2D eigenvalue weighted by atomic mass is 79.9. The predicted molar refractivity (Wildman–Crippen MR) is 63.4 cm³/mol. The number of rotatable bonds is 3. The van der Waals surface area contributed by atoms with Crippen molar-refractivity contribution >= 4 is 21.9 Å². The van der Waals surface area contributed by atoms with Crippen LogP contribution in [0.15, 0.2) is 28.7 Å².